The summed E-state index contributed by atoms with van der Waals surface area (Å²) >= 11 is 0. The molecule has 0 spiro atoms. The summed E-state index contributed by atoms with van der Waals surface area (Å²) in [7, 11) is -3.81. The average molecular weight is 494 g/mol. The molecule has 3 N–H and O–H groups in total. The van der Waals surface area contributed by atoms with Crippen LogP contribution in [0.15, 0.2) is 65.6 Å². The number of anilines is 3. The zero-order valence-electron chi connectivity index (χ0n) is 20.8. The molecule has 0 heterocycles. The highest BCUT2D eigenvalue weighted by Crippen LogP contribution is 2.28. The van der Waals surface area contributed by atoms with E-state index in [1.54, 1.807) is 55.5 Å². The van der Waals surface area contributed by atoms with E-state index in [1.165, 1.54) is 6.92 Å². The molecule has 35 heavy (non-hydrogen) atoms. The van der Waals surface area contributed by atoms with Crippen molar-refractivity contribution >= 4 is 38.9 Å². The van der Waals surface area contributed by atoms with Crippen LogP contribution in [0.5, 0.6) is 0 Å². The number of amides is 2. The fourth-order valence-corrected chi connectivity index (χ4v) is 4.82. The van der Waals surface area contributed by atoms with Crippen LogP contribution in [0, 0.1) is 13.8 Å². The van der Waals surface area contributed by atoms with Crippen LogP contribution < -0.4 is 15.4 Å². The van der Waals surface area contributed by atoms with Crippen LogP contribution in [-0.4, -0.2) is 20.2 Å². The first-order chi connectivity index (χ1) is 16.3. The van der Waals surface area contributed by atoms with Crippen molar-refractivity contribution in [3.63, 3.8) is 0 Å². The maximum absolute atomic E-state index is 13.1. The quantitative estimate of drug-likeness (QED) is 0.415. The second-order valence-corrected chi connectivity index (χ2v) is 11.2. The minimum atomic E-state index is -3.81. The van der Waals surface area contributed by atoms with E-state index in [4.69, 9.17) is 0 Å². The summed E-state index contributed by atoms with van der Waals surface area (Å²) in [6.07, 6.45) is 0. The van der Waals surface area contributed by atoms with Gasteiger partial charge in [0, 0.05) is 29.5 Å². The Labute approximate surface area is 207 Å². The van der Waals surface area contributed by atoms with Crippen LogP contribution in [0.2, 0.25) is 0 Å². The number of carbonyl (C=O) groups is 2. The lowest BCUT2D eigenvalue weighted by atomic mass is 9.87. The largest absolute Gasteiger partial charge is 0.326 e. The Hall–Kier alpha value is -3.65. The summed E-state index contributed by atoms with van der Waals surface area (Å²) < 4.78 is 28.8. The Bertz CT molecular complexity index is 1370. The second kappa shape index (κ2) is 9.92. The van der Waals surface area contributed by atoms with E-state index in [9.17, 15) is 18.0 Å². The van der Waals surface area contributed by atoms with Crippen molar-refractivity contribution in [2.75, 3.05) is 15.4 Å². The van der Waals surface area contributed by atoms with E-state index in [2.05, 4.69) is 15.4 Å². The molecule has 0 saturated heterocycles. The topological polar surface area (TPSA) is 104 Å². The highest BCUT2D eigenvalue weighted by molar-refractivity contribution is 7.92. The summed E-state index contributed by atoms with van der Waals surface area (Å²) in [5.41, 5.74) is 4.09. The molecule has 8 heteroatoms. The summed E-state index contributed by atoms with van der Waals surface area (Å²) in [4.78, 5) is 24.3. The number of rotatable bonds is 6. The van der Waals surface area contributed by atoms with Crippen molar-refractivity contribution < 1.29 is 18.0 Å². The van der Waals surface area contributed by atoms with Crippen LogP contribution in [0.1, 0.15) is 54.7 Å². The van der Waals surface area contributed by atoms with Gasteiger partial charge in [-0.15, -0.1) is 0 Å². The molecule has 0 saturated carbocycles. The normalized spacial score (nSPS) is 11.6. The molecule has 0 aromatic heterocycles. The van der Waals surface area contributed by atoms with E-state index in [1.807, 2.05) is 39.8 Å². The van der Waals surface area contributed by atoms with Crippen molar-refractivity contribution in [2.45, 2.75) is 51.9 Å². The van der Waals surface area contributed by atoms with Crippen molar-refractivity contribution in [3.8, 4) is 0 Å². The second-order valence-electron chi connectivity index (χ2n) is 9.58. The van der Waals surface area contributed by atoms with Crippen LogP contribution in [0.4, 0.5) is 17.1 Å². The van der Waals surface area contributed by atoms with E-state index < -0.39 is 10.0 Å². The van der Waals surface area contributed by atoms with Gasteiger partial charge in [0.05, 0.1) is 4.90 Å². The Kier molecular flexibility index (Phi) is 7.36. The summed E-state index contributed by atoms with van der Waals surface area (Å²) in [6, 6.07) is 16.9. The Morgan fingerprint density at radius 2 is 1.37 bits per heavy atom. The molecule has 7 nitrogen and oxygen atoms in total. The maximum Gasteiger partial charge on any atom is 0.262 e. The number of carbonyl (C=O) groups excluding carboxylic acids is 2. The van der Waals surface area contributed by atoms with E-state index >= 15 is 0 Å². The van der Waals surface area contributed by atoms with Crippen molar-refractivity contribution in [3.05, 3.63) is 82.9 Å². The molecule has 0 aliphatic carbocycles. The molecular weight excluding hydrogens is 462 g/mol. The van der Waals surface area contributed by atoms with E-state index in [-0.39, 0.29) is 22.1 Å². The van der Waals surface area contributed by atoms with Crippen LogP contribution in [-0.2, 0) is 20.2 Å². The monoisotopic (exact) mass is 493 g/mol. The fraction of sp³-hybridized carbons (Fsp3) is 0.259. The molecule has 0 radical (unpaired) electrons. The molecule has 2 amide bonds. The van der Waals surface area contributed by atoms with Gasteiger partial charge in [0.2, 0.25) is 5.91 Å². The van der Waals surface area contributed by atoms with Gasteiger partial charge in [-0.05, 0) is 78.4 Å². The van der Waals surface area contributed by atoms with Crippen LogP contribution in [0.3, 0.4) is 0 Å². The average Bonchev–Trinajstić information content (AvgIpc) is 2.75. The van der Waals surface area contributed by atoms with Gasteiger partial charge >= 0.3 is 0 Å². The standard InChI is InChI=1S/C27H31N3O4S/c1-17-8-12-23(28-19(3)31)16-24(17)29-26(32)20-9-13-22(14-10-20)30-35(33,34)25-15-21(27(4,5)6)11-7-18(25)2/h7-16,30H,1-6H3,(H,28,31)(H,29,32). The third kappa shape index (κ3) is 6.48. The van der Waals surface area contributed by atoms with Gasteiger partial charge in [-0.25, -0.2) is 8.42 Å². The molecule has 3 aromatic carbocycles. The van der Waals surface area contributed by atoms with Gasteiger partial charge in [-0.3, -0.25) is 14.3 Å². The lowest BCUT2D eigenvalue weighted by molar-refractivity contribution is -0.114. The molecule has 0 bridgehead atoms. The first kappa shape index (κ1) is 26.0. The minimum Gasteiger partial charge on any atom is -0.326 e. The first-order valence-electron chi connectivity index (χ1n) is 11.2. The molecular formula is C27H31N3O4S. The molecule has 0 aliphatic rings. The number of hydrogen-bond donors (Lipinski definition) is 3. The highest BCUT2D eigenvalue weighted by atomic mass is 32.2. The molecule has 0 fully saturated rings. The van der Waals surface area contributed by atoms with Crippen molar-refractivity contribution in [2.24, 2.45) is 0 Å². The van der Waals surface area contributed by atoms with E-state index in [0.717, 1.165) is 11.1 Å². The Balaban J connectivity index is 1.77. The van der Waals surface area contributed by atoms with E-state index in [0.29, 0.717) is 28.2 Å². The maximum atomic E-state index is 13.1. The zero-order valence-corrected chi connectivity index (χ0v) is 21.6. The lowest BCUT2D eigenvalue weighted by Gasteiger charge is -2.21. The van der Waals surface area contributed by atoms with Gasteiger partial charge < -0.3 is 10.6 Å². The SMILES string of the molecule is CC(=O)Nc1ccc(C)c(NC(=O)c2ccc(NS(=O)(=O)c3cc(C(C)(C)C)ccc3C)cc2)c1. The molecule has 3 aromatic rings. The lowest BCUT2D eigenvalue weighted by Crippen LogP contribution is -2.17. The van der Waals surface area contributed by atoms with Gasteiger partial charge in [0.1, 0.15) is 0 Å². The minimum absolute atomic E-state index is 0.188. The number of nitrogens with one attached hydrogen (secondary N) is 3. The highest BCUT2D eigenvalue weighted by Gasteiger charge is 2.22. The summed E-state index contributed by atoms with van der Waals surface area (Å²) in [6.45, 7) is 11.1. The zero-order chi connectivity index (χ0) is 26.0. The number of sulfonamides is 1. The number of benzene rings is 3. The molecule has 3 rings (SSSR count). The number of aryl methyl sites for hydroxylation is 2. The van der Waals surface area contributed by atoms with Gasteiger partial charge in [0.25, 0.3) is 15.9 Å². The Morgan fingerprint density at radius 1 is 0.771 bits per heavy atom. The third-order valence-corrected chi connectivity index (χ3v) is 7.07. The Morgan fingerprint density at radius 3 is 1.97 bits per heavy atom. The van der Waals surface area contributed by atoms with Crippen LogP contribution in [0.25, 0.3) is 0 Å². The molecule has 0 unspecified atom stereocenters. The summed E-state index contributed by atoms with van der Waals surface area (Å²) in [5, 5.41) is 5.52. The smallest absolute Gasteiger partial charge is 0.262 e. The number of hydrogen-bond acceptors (Lipinski definition) is 4. The molecule has 0 atom stereocenters. The molecule has 184 valence electrons. The predicted octanol–water partition coefficient (Wildman–Crippen LogP) is 5.61. The fourth-order valence-electron chi connectivity index (χ4n) is 3.49. The van der Waals surface area contributed by atoms with Gasteiger partial charge in [-0.2, -0.15) is 0 Å². The first-order valence-corrected chi connectivity index (χ1v) is 12.7. The molecule has 0 aliphatic heterocycles. The third-order valence-electron chi connectivity index (χ3n) is 5.55. The summed E-state index contributed by atoms with van der Waals surface area (Å²) in [5.74, 6) is -0.555. The predicted molar refractivity (Wildman–Crippen MR) is 141 cm³/mol. The van der Waals surface area contributed by atoms with Gasteiger partial charge in [0.15, 0.2) is 0 Å². The van der Waals surface area contributed by atoms with Gasteiger partial charge in [-0.1, -0.05) is 39.0 Å². The van der Waals surface area contributed by atoms with Crippen molar-refractivity contribution in [1.29, 1.82) is 0 Å². The van der Waals surface area contributed by atoms with Crippen molar-refractivity contribution in [1.82, 2.24) is 0 Å². The van der Waals surface area contributed by atoms with Crippen LogP contribution >= 0.6 is 0 Å².